The molecular weight excluding hydrogens is 357 g/mol. The molecule has 0 aliphatic carbocycles. The third-order valence-electron chi connectivity index (χ3n) is 3.95. The standard InChI is InChI=1S/C18H16FN3O5/c19-16-4-2-1-3-12(16)9-27-10-14(23)8-21-11-20-17-6-5-13(22(25)26)7-15(17)18(21)24/h1-7,11,14,23H,8-10H2. The number of non-ortho nitro benzene ring substituents is 1. The van der Waals surface area contributed by atoms with Crippen LogP contribution >= 0.6 is 0 Å². The number of nitro groups is 1. The van der Waals surface area contributed by atoms with E-state index in [2.05, 4.69) is 4.98 Å². The summed E-state index contributed by atoms with van der Waals surface area (Å²) < 4.78 is 20.0. The van der Waals surface area contributed by atoms with E-state index in [1.807, 2.05) is 0 Å². The first-order valence-corrected chi connectivity index (χ1v) is 8.08. The molecule has 0 aliphatic heterocycles. The van der Waals surface area contributed by atoms with E-state index in [-0.39, 0.29) is 30.8 Å². The molecule has 2 aromatic carbocycles. The van der Waals surface area contributed by atoms with Gasteiger partial charge < -0.3 is 9.84 Å². The zero-order chi connectivity index (χ0) is 19.4. The molecule has 3 rings (SSSR count). The van der Waals surface area contributed by atoms with Crippen LogP contribution in [0.2, 0.25) is 0 Å². The van der Waals surface area contributed by atoms with Gasteiger partial charge in [-0.2, -0.15) is 0 Å². The fourth-order valence-electron chi connectivity index (χ4n) is 2.59. The first-order chi connectivity index (χ1) is 13.0. The van der Waals surface area contributed by atoms with Gasteiger partial charge in [0.2, 0.25) is 0 Å². The second kappa shape index (κ2) is 8.02. The molecule has 0 fully saturated rings. The van der Waals surface area contributed by atoms with Crippen molar-refractivity contribution in [1.29, 1.82) is 0 Å². The van der Waals surface area contributed by atoms with Crippen LogP contribution in [-0.4, -0.2) is 32.3 Å². The van der Waals surface area contributed by atoms with Crippen molar-refractivity contribution in [2.45, 2.75) is 19.3 Å². The lowest BCUT2D eigenvalue weighted by molar-refractivity contribution is -0.384. The third-order valence-corrected chi connectivity index (χ3v) is 3.95. The van der Waals surface area contributed by atoms with Crippen LogP contribution in [0.1, 0.15) is 5.56 Å². The number of fused-ring (bicyclic) bond motifs is 1. The lowest BCUT2D eigenvalue weighted by Crippen LogP contribution is -2.29. The number of aliphatic hydroxyl groups excluding tert-OH is 1. The fourth-order valence-corrected chi connectivity index (χ4v) is 2.59. The summed E-state index contributed by atoms with van der Waals surface area (Å²) in [6.07, 6.45) is 0.226. The highest BCUT2D eigenvalue weighted by Crippen LogP contribution is 2.16. The predicted octanol–water partition coefficient (Wildman–Crippen LogP) is 2.02. The summed E-state index contributed by atoms with van der Waals surface area (Å²) in [5.74, 6) is -0.400. The molecule has 0 saturated heterocycles. The molecule has 0 radical (unpaired) electrons. The van der Waals surface area contributed by atoms with E-state index in [1.165, 1.54) is 24.5 Å². The summed E-state index contributed by atoms with van der Waals surface area (Å²) in [6, 6.07) is 9.95. The number of nitrogens with zero attached hydrogens (tertiary/aromatic N) is 3. The highest BCUT2D eigenvalue weighted by Gasteiger charge is 2.13. The van der Waals surface area contributed by atoms with E-state index >= 15 is 0 Å². The number of aliphatic hydroxyl groups is 1. The zero-order valence-corrected chi connectivity index (χ0v) is 14.1. The third kappa shape index (κ3) is 4.33. The number of ether oxygens (including phenoxy) is 1. The Morgan fingerprint density at radius 3 is 2.81 bits per heavy atom. The van der Waals surface area contributed by atoms with Crippen molar-refractivity contribution in [3.8, 4) is 0 Å². The van der Waals surface area contributed by atoms with Gasteiger partial charge in [-0.1, -0.05) is 18.2 Å². The van der Waals surface area contributed by atoms with Crippen LogP contribution in [0.15, 0.2) is 53.6 Å². The largest absolute Gasteiger partial charge is 0.389 e. The van der Waals surface area contributed by atoms with Gasteiger partial charge in [0.15, 0.2) is 0 Å². The molecule has 1 heterocycles. The SMILES string of the molecule is O=c1c2cc([N+](=O)[O-])ccc2ncn1CC(O)COCc1ccccc1F. The molecule has 1 unspecified atom stereocenters. The van der Waals surface area contributed by atoms with Gasteiger partial charge in [-0.15, -0.1) is 0 Å². The molecule has 0 amide bonds. The van der Waals surface area contributed by atoms with Crippen LogP contribution in [0, 0.1) is 15.9 Å². The van der Waals surface area contributed by atoms with Crippen molar-refractivity contribution in [3.63, 3.8) is 0 Å². The summed E-state index contributed by atoms with van der Waals surface area (Å²) in [6.45, 7) is -0.240. The van der Waals surface area contributed by atoms with E-state index < -0.39 is 22.4 Å². The van der Waals surface area contributed by atoms with Crippen LogP contribution in [0.3, 0.4) is 0 Å². The molecule has 0 saturated carbocycles. The number of hydrogen-bond donors (Lipinski definition) is 1. The minimum Gasteiger partial charge on any atom is -0.389 e. The van der Waals surface area contributed by atoms with Gasteiger partial charge in [0.25, 0.3) is 11.2 Å². The smallest absolute Gasteiger partial charge is 0.270 e. The lowest BCUT2D eigenvalue weighted by atomic mass is 10.2. The number of halogens is 1. The van der Waals surface area contributed by atoms with Crippen molar-refractivity contribution in [2.75, 3.05) is 6.61 Å². The van der Waals surface area contributed by atoms with Crippen LogP contribution in [-0.2, 0) is 17.9 Å². The molecule has 1 atom stereocenters. The molecule has 3 aromatic rings. The quantitative estimate of drug-likeness (QED) is 0.501. The van der Waals surface area contributed by atoms with Crippen molar-refractivity contribution in [1.82, 2.24) is 9.55 Å². The molecule has 9 heteroatoms. The molecular formula is C18H16FN3O5. The fraction of sp³-hybridized carbons (Fsp3) is 0.222. The van der Waals surface area contributed by atoms with Gasteiger partial charge in [0, 0.05) is 17.7 Å². The first-order valence-electron chi connectivity index (χ1n) is 8.08. The van der Waals surface area contributed by atoms with Gasteiger partial charge >= 0.3 is 0 Å². The topological polar surface area (TPSA) is 107 Å². The number of nitro benzene ring substituents is 1. The minimum absolute atomic E-state index is 0.0131. The highest BCUT2D eigenvalue weighted by atomic mass is 19.1. The van der Waals surface area contributed by atoms with Crippen molar-refractivity contribution >= 4 is 16.6 Å². The molecule has 0 spiro atoms. The van der Waals surface area contributed by atoms with Gasteiger partial charge in [0.1, 0.15) is 5.82 Å². The van der Waals surface area contributed by atoms with Crippen LogP contribution in [0.4, 0.5) is 10.1 Å². The zero-order valence-electron chi connectivity index (χ0n) is 14.1. The van der Waals surface area contributed by atoms with E-state index in [0.717, 1.165) is 10.6 Å². The van der Waals surface area contributed by atoms with Gasteiger partial charge in [0.05, 0.1) is 48.0 Å². The molecule has 1 N–H and O–H groups in total. The number of rotatable bonds is 7. The molecule has 140 valence electrons. The molecule has 27 heavy (non-hydrogen) atoms. The Bertz CT molecular complexity index is 1040. The summed E-state index contributed by atoms with van der Waals surface area (Å²) in [7, 11) is 0. The summed E-state index contributed by atoms with van der Waals surface area (Å²) >= 11 is 0. The van der Waals surface area contributed by atoms with E-state index in [9.17, 15) is 24.4 Å². The number of hydrogen-bond acceptors (Lipinski definition) is 6. The molecule has 8 nitrogen and oxygen atoms in total. The Morgan fingerprint density at radius 1 is 1.30 bits per heavy atom. The van der Waals surface area contributed by atoms with Crippen LogP contribution in [0.25, 0.3) is 10.9 Å². The predicted molar refractivity (Wildman–Crippen MR) is 94.7 cm³/mol. The molecule has 0 aliphatic rings. The Labute approximate surface area is 152 Å². The van der Waals surface area contributed by atoms with E-state index in [4.69, 9.17) is 4.74 Å². The number of aromatic nitrogens is 2. The second-order valence-corrected chi connectivity index (χ2v) is 5.92. The Balaban J connectivity index is 1.68. The Morgan fingerprint density at radius 2 is 2.07 bits per heavy atom. The minimum atomic E-state index is -1.03. The number of benzene rings is 2. The summed E-state index contributed by atoms with van der Waals surface area (Å²) in [4.78, 5) is 26.8. The second-order valence-electron chi connectivity index (χ2n) is 5.92. The maximum absolute atomic E-state index is 13.5. The van der Waals surface area contributed by atoms with Crippen LogP contribution in [0.5, 0.6) is 0 Å². The van der Waals surface area contributed by atoms with Crippen LogP contribution < -0.4 is 5.56 Å². The van der Waals surface area contributed by atoms with Gasteiger partial charge in [-0.05, 0) is 12.1 Å². The van der Waals surface area contributed by atoms with Gasteiger partial charge in [-0.3, -0.25) is 19.5 Å². The van der Waals surface area contributed by atoms with E-state index in [1.54, 1.807) is 18.2 Å². The maximum Gasteiger partial charge on any atom is 0.270 e. The summed E-state index contributed by atoms with van der Waals surface area (Å²) in [5.41, 5.74) is -0.0292. The first kappa shape index (κ1) is 18.6. The highest BCUT2D eigenvalue weighted by molar-refractivity contribution is 5.79. The van der Waals surface area contributed by atoms with Crippen molar-refractivity contribution in [3.05, 3.63) is 80.6 Å². The normalized spacial score (nSPS) is 12.2. The van der Waals surface area contributed by atoms with Crippen molar-refractivity contribution < 1.29 is 19.2 Å². The van der Waals surface area contributed by atoms with Crippen molar-refractivity contribution in [2.24, 2.45) is 0 Å². The Hall–Kier alpha value is -3.17. The molecule has 1 aromatic heterocycles. The average Bonchev–Trinajstić information content (AvgIpc) is 2.65. The molecule has 0 bridgehead atoms. The lowest BCUT2D eigenvalue weighted by Gasteiger charge is -2.13. The van der Waals surface area contributed by atoms with E-state index in [0.29, 0.717) is 11.1 Å². The Kier molecular flexibility index (Phi) is 5.53. The van der Waals surface area contributed by atoms with Gasteiger partial charge in [-0.25, -0.2) is 9.37 Å². The maximum atomic E-state index is 13.5. The monoisotopic (exact) mass is 373 g/mol. The summed E-state index contributed by atoms with van der Waals surface area (Å²) in [5, 5.41) is 21.0. The average molecular weight is 373 g/mol.